The van der Waals surface area contributed by atoms with Crippen LogP contribution in [0.1, 0.15) is 13.8 Å². The molecular weight excluding hydrogens is 170 g/mol. The normalized spacial score (nSPS) is 8.33. The Morgan fingerprint density at radius 1 is 1.44 bits per heavy atom. The minimum absolute atomic E-state index is 0. The Morgan fingerprint density at radius 3 is 2.00 bits per heavy atom. The third-order valence-corrected chi connectivity index (χ3v) is 0.898. The van der Waals surface area contributed by atoms with Gasteiger partial charge in [-0.1, -0.05) is 0 Å². The molecule has 59 valence electrons. The maximum atomic E-state index is 9.67. The minimum atomic E-state index is 0. The third kappa shape index (κ3) is 5.83. The first-order valence-corrected chi connectivity index (χ1v) is 2.70. The molecule has 0 rings (SSSR count). The fourth-order valence-electron chi connectivity index (χ4n) is 0.434. The van der Waals surface area contributed by atoms with Crippen molar-refractivity contribution in [3.05, 3.63) is 0 Å². The first-order valence-electron chi connectivity index (χ1n) is 2.70. The van der Waals surface area contributed by atoms with Crippen LogP contribution >= 0.6 is 0 Å². The van der Waals surface area contributed by atoms with Crippen LogP contribution in [0.25, 0.3) is 0 Å². The van der Waals surface area contributed by atoms with Crippen molar-refractivity contribution < 1.29 is 26.7 Å². The summed E-state index contributed by atoms with van der Waals surface area (Å²) in [4.78, 5) is 14.2. The first kappa shape index (κ1) is 11.7. The van der Waals surface area contributed by atoms with Gasteiger partial charge in [-0.15, -0.1) is 5.06 Å². The number of hydroxylamine groups is 2. The van der Waals surface area contributed by atoms with E-state index < -0.39 is 0 Å². The molecule has 0 atom stereocenters. The molecule has 0 N–H and O–H groups in total. The average molecular weight is 181 g/mol. The molecule has 3 nitrogen and oxygen atoms in total. The van der Waals surface area contributed by atoms with E-state index in [-0.39, 0.29) is 17.1 Å². The summed E-state index contributed by atoms with van der Waals surface area (Å²) in [5.74, 6) is 0. The number of hydrogen-bond donors (Lipinski definition) is 0. The molecule has 0 spiro atoms. The quantitative estimate of drug-likeness (QED) is 0.357. The first-order chi connectivity index (χ1) is 3.85. The second kappa shape index (κ2) is 7.95. The summed E-state index contributed by atoms with van der Waals surface area (Å²) in [6, 6.07) is 0. The van der Waals surface area contributed by atoms with Crippen LogP contribution in [0.2, 0.25) is 0 Å². The average Bonchev–Trinajstić information content (AvgIpc) is 1.83. The van der Waals surface area contributed by atoms with Gasteiger partial charge in [0.2, 0.25) is 0 Å². The predicted molar refractivity (Wildman–Crippen MR) is 30.1 cm³/mol. The van der Waals surface area contributed by atoms with Crippen molar-refractivity contribution in [3.63, 3.8) is 0 Å². The van der Waals surface area contributed by atoms with E-state index in [1.807, 2.05) is 13.8 Å². The number of carbonyl (C=O) groups is 1. The molecule has 0 aromatic heterocycles. The zero-order chi connectivity index (χ0) is 6.41. The van der Waals surface area contributed by atoms with Crippen molar-refractivity contribution in [1.29, 1.82) is 0 Å². The third-order valence-electron chi connectivity index (χ3n) is 0.898. The molecule has 0 amide bonds. The molecule has 0 aromatic carbocycles. The Balaban J connectivity index is 0. The zero-order valence-corrected chi connectivity index (χ0v) is 6.50. The standard InChI is InChI=1S/C5H11NO2.Cu/c1-3-6(4-2)8-5-7;/h5H,3-4H2,1-2H3;. The van der Waals surface area contributed by atoms with Crippen LogP contribution in [0.4, 0.5) is 0 Å². The molecular formula is C5H11CuNO2. The molecule has 1 radical (unpaired) electrons. The largest absolute Gasteiger partial charge is 0.371 e. The van der Waals surface area contributed by atoms with Gasteiger partial charge in [0.15, 0.2) is 0 Å². The van der Waals surface area contributed by atoms with E-state index in [0.29, 0.717) is 6.47 Å². The van der Waals surface area contributed by atoms with Crippen LogP contribution in [-0.4, -0.2) is 24.6 Å². The molecule has 0 fully saturated rings. The van der Waals surface area contributed by atoms with E-state index in [9.17, 15) is 4.79 Å². The Labute approximate surface area is 65.8 Å². The molecule has 0 unspecified atom stereocenters. The molecule has 9 heavy (non-hydrogen) atoms. The van der Waals surface area contributed by atoms with E-state index in [2.05, 4.69) is 4.84 Å². The van der Waals surface area contributed by atoms with Crippen molar-refractivity contribution in [1.82, 2.24) is 5.06 Å². The second-order valence-electron chi connectivity index (χ2n) is 1.32. The van der Waals surface area contributed by atoms with Crippen LogP contribution in [0.15, 0.2) is 0 Å². The van der Waals surface area contributed by atoms with Gasteiger partial charge >= 0.3 is 6.47 Å². The Morgan fingerprint density at radius 2 is 1.89 bits per heavy atom. The maximum absolute atomic E-state index is 9.67. The minimum Gasteiger partial charge on any atom is -0.371 e. The fraction of sp³-hybridized carbons (Fsp3) is 0.800. The van der Waals surface area contributed by atoms with Gasteiger partial charge in [-0.2, -0.15) is 0 Å². The van der Waals surface area contributed by atoms with Gasteiger partial charge < -0.3 is 4.84 Å². The van der Waals surface area contributed by atoms with Crippen molar-refractivity contribution in [3.8, 4) is 0 Å². The van der Waals surface area contributed by atoms with Gasteiger partial charge in [0.05, 0.1) is 0 Å². The van der Waals surface area contributed by atoms with E-state index >= 15 is 0 Å². The number of nitrogens with zero attached hydrogens (tertiary/aromatic N) is 1. The number of hydrogen-bond acceptors (Lipinski definition) is 3. The van der Waals surface area contributed by atoms with Gasteiger partial charge in [0.25, 0.3) is 0 Å². The summed E-state index contributed by atoms with van der Waals surface area (Å²) in [5.41, 5.74) is 0. The van der Waals surface area contributed by atoms with Gasteiger partial charge in [0, 0.05) is 30.2 Å². The number of rotatable bonds is 4. The van der Waals surface area contributed by atoms with Crippen LogP contribution in [0.3, 0.4) is 0 Å². The van der Waals surface area contributed by atoms with Gasteiger partial charge in [-0.25, -0.2) is 0 Å². The van der Waals surface area contributed by atoms with E-state index in [0.717, 1.165) is 13.1 Å². The summed E-state index contributed by atoms with van der Waals surface area (Å²) >= 11 is 0. The predicted octanol–water partition coefficient (Wildman–Crippen LogP) is 0.414. The maximum Gasteiger partial charge on any atom is 0.312 e. The van der Waals surface area contributed by atoms with Crippen LogP contribution in [-0.2, 0) is 26.7 Å². The van der Waals surface area contributed by atoms with Crippen molar-refractivity contribution in [2.45, 2.75) is 13.8 Å². The van der Waals surface area contributed by atoms with Crippen LogP contribution in [0, 0.1) is 0 Å². The summed E-state index contributed by atoms with van der Waals surface area (Å²) in [6.07, 6.45) is 0. The van der Waals surface area contributed by atoms with Crippen molar-refractivity contribution in [2.75, 3.05) is 13.1 Å². The molecule has 0 heterocycles. The smallest absolute Gasteiger partial charge is 0.312 e. The Kier molecular flexibility index (Phi) is 10.3. The monoisotopic (exact) mass is 180 g/mol. The van der Waals surface area contributed by atoms with Crippen LogP contribution in [0.5, 0.6) is 0 Å². The second-order valence-corrected chi connectivity index (χ2v) is 1.32. The molecule has 0 saturated heterocycles. The van der Waals surface area contributed by atoms with Gasteiger partial charge in [0.1, 0.15) is 0 Å². The summed E-state index contributed by atoms with van der Waals surface area (Å²) in [6.45, 7) is 5.78. The van der Waals surface area contributed by atoms with Gasteiger partial charge in [-0.05, 0) is 13.8 Å². The molecule has 0 aromatic rings. The van der Waals surface area contributed by atoms with E-state index in [4.69, 9.17) is 0 Å². The van der Waals surface area contributed by atoms with E-state index in [1.54, 1.807) is 5.06 Å². The fourth-order valence-corrected chi connectivity index (χ4v) is 0.434. The SMILES string of the molecule is CCN(CC)OC=O.[Cu]. The molecule has 0 aliphatic carbocycles. The van der Waals surface area contributed by atoms with Gasteiger partial charge in [-0.3, -0.25) is 4.79 Å². The molecule has 0 bridgehead atoms. The number of carbonyl (C=O) groups excluding carboxylic acids is 1. The molecule has 0 saturated carbocycles. The zero-order valence-electron chi connectivity index (χ0n) is 5.56. The van der Waals surface area contributed by atoms with Crippen LogP contribution < -0.4 is 0 Å². The Bertz CT molecular complexity index is 66.0. The molecule has 0 aliphatic rings. The van der Waals surface area contributed by atoms with Crippen molar-refractivity contribution >= 4 is 6.47 Å². The summed E-state index contributed by atoms with van der Waals surface area (Å²) in [5, 5.41) is 1.56. The molecule has 0 aliphatic heterocycles. The topological polar surface area (TPSA) is 29.5 Å². The van der Waals surface area contributed by atoms with E-state index in [1.165, 1.54) is 0 Å². The Hall–Kier alpha value is -0.0505. The summed E-state index contributed by atoms with van der Waals surface area (Å²) in [7, 11) is 0. The van der Waals surface area contributed by atoms with Crippen molar-refractivity contribution in [2.24, 2.45) is 0 Å². The molecule has 4 heteroatoms. The summed E-state index contributed by atoms with van der Waals surface area (Å²) < 4.78 is 0.